The summed E-state index contributed by atoms with van der Waals surface area (Å²) in [5.41, 5.74) is 5.05. The standard InChI is InChI=1S/C20H20N2OSe/c1-4-15-7-11-17(12-8-15)22-20-21-14(3)19(24-20)18(23)16-9-5-13(2)6-10-16/h5-12H,4H2,1-3H3,(H,21,22). The van der Waals surface area contributed by atoms with Gasteiger partial charge >= 0.3 is 148 Å². The molecule has 0 atom stereocenters. The Morgan fingerprint density at radius 1 is 1.04 bits per heavy atom. The van der Waals surface area contributed by atoms with Crippen LogP contribution in [0.25, 0.3) is 0 Å². The van der Waals surface area contributed by atoms with Gasteiger partial charge in [-0.05, 0) is 0 Å². The van der Waals surface area contributed by atoms with Crippen molar-refractivity contribution in [3.63, 3.8) is 0 Å². The molecule has 122 valence electrons. The Morgan fingerprint density at radius 2 is 1.71 bits per heavy atom. The molecule has 1 heterocycles. The number of hydrogen-bond donors (Lipinski definition) is 1. The molecule has 3 aromatic rings. The Kier molecular flexibility index (Phi) is 4.98. The zero-order valence-corrected chi connectivity index (χ0v) is 15.8. The molecule has 0 radical (unpaired) electrons. The van der Waals surface area contributed by atoms with Crippen LogP contribution in [0, 0.1) is 13.8 Å². The number of benzene rings is 2. The molecule has 0 aliphatic carbocycles. The minimum absolute atomic E-state index is 0.0878. The predicted octanol–water partition coefficient (Wildman–Crippen LogP) is 4.29. The molecule has 24 heavy (non-hydrogen) atoms. The van der Waals surface area contributed by atoms with E-state index >= 15 is 0 Å². The first kappa shape index (κ1) is 16.7. The van der Waals surface area contributed by atoms with Gasteiger partial charge in [-0.15, -0.1) is 0 Å². The quantitative estimate of drug-likeness (QED) is 0.528. The van der Waals surface area contributed by atoms with Gasteiger partial charge < -0.3 is 0 Å². The van der Waals surface area contributed by atoms with Crippen molar-refractivity contribution in [3.8, 4) is 0 Å². The summed E-state index contributed by atoms with van der Waals surface area (Å²) in [5.74, 6) is 0.0920. The first-order valence-electron chi connectivity index (χ1n) is 8.01. The molecule has 1 N–H and O–H groups in total. The number of aromatic nitrogens is 1. The molecule has 0 spiro atoms. The molecule has 0 unspecified atom stereocenters. The third-order valence-electron chi connectivity index (χ3n) is 3.93. The second-order valence-corrected chi connectivity index (χ2v) is 7.90. The monoisotopic (exact) mass is 384 g/mol. The number of rotatable bonds is 5. The van der Waals surface area contributed by atoms with Crippen molar-refractivity contribution in [2.45, 2.75) is 27.2 Å². The summed E-state index contributed by atoms with van der Waals surface area (Å²) >= 11 is -0.0878. The van der Waals surface area contributed by atoms with E-state index < -0.39 is 0 Å². The summed E-state index contributed by atoms with van der Waals surface area (Å²) in [4.78, 5) is 17.3. The van der Waals surface area contributed by atoms with Crippen LogP contribution in [0.3, 0.4) is 0 Å². The first-order valence-corrected chi connectivity index (χ1v) is 9.73. The summed E-state index contributed by atoms with van der Waals surface area (Å²) in [6, 6.07) is 16.1. The third kappa shape index (κ3) is 3.66. The maximum absolute atomic E-state index is 12.7. The molecular weight excluding hydrogens is 363 g/mol. The van der Waals surface area contributed by atoms with Gasteiger partial charge in [0.2, 0.25) is 0 Å². The zero-order chi connectivity index (χ0) is 17.1. The van der Waals surface area contributed by atoms with E-state index in [1.54, 1.807) is 0 Å². The molecule has 3 nitrogen and oxygen atoms in total. The molecule has 0 amide bonds. The van der Waals surface area contributed by atoms with E-state index in [0.717, 1.165) is 38.1 Å². The van der Waals surface area contributed by atoms with Gasteiger partial charge in [-0.2, -0.15) is 0 Å². The van der Waals surface area contributed by atoms with E-state index in [0.29, 0.717) is 0 Å². The van der Waals surface area contributed by atoms with E-state index in [1.807, 2.05) is 38.1 Å². The zero-order valence-electron chi connectivity index (χ0n) is 14.1. The van der Waals surface area contributed by atoms with Gasteiger partial charge in [0.25, 0.3) is 0 Å². The second-order valence-electron chi connectivity index (χ2n) is 5.80. The van der Waals surface area contributed by atoms with Crippen molar-refractivity contribution in [1.82, 2.24) is 4.98 Å². The number of anilines is 2. The Balaban J connectivity index is 1.81. The topological polar surface area (TPSA) is 42.0 Å². The summed E-state index contributed by atoms with van der Waals surface area (Å²) in [6.07, 6.45) is 1.03. The van der Waals surface area contributed by atoms with Crippen LogP contribution in [0.15, 0.2) is 48.5 Å². The van der Waals surface area contributed by atoms with Gasteiger partial charge in [0, 0.05) is 0 Å². The van der Waals surface area contributed by atoms with Crippen LogP contribution in [0.2, 0.25) is 0 Å². The van der Waals surface area contributed by atoms with Gasteiger partial charge in [-0.25, -0.2) is 0 Å². The summed E-state index contributed by atoms with van der Waals surface area (Å²) in [5, 5.41) is 3.35. The van der Waals surface area contributed by atoms with E-state index in [2.05, 4.69) is 41.5 Å². The first-order chi connectivity index (χ1) is 11.6. The van der Waals surface area contributed by atoms with Crippen molar-refractivity contribution in [2.75, 3.05) is 5.32 Å². The van der Waals surface area contributed by atoms with E-state index in [4.69, 9.17) is 0 Å². The van der Waals surface area contributed by atoms with Gasteiger partial charge in [-0.1, -0.05) is 0 Å². The van der Waals surface area contributed by atoms with Gasteiger partial charge in [0.1, 0.15) is 0 Å². The normalized spacial score (nSPS) is 10.6. The Bertz CT molecular complexity index is 848. The van der Waals surface area contributed by atoms with Crippen molar-refractivity contribution >= 4 is 30.7 Å². The van der Waals surface area contributed by atoms with Crippen molar-refractivity contribution in [2.24, 2.45) is 0 Å². The number of carbonyl (C=O) groups is 1. The molecule has 4 heteroatoms. The number of carbonyl (C=O) groups excluding carboxylic acids is 1. The second kappa shape index (κ2) is 7.16. The number of ketones is 1. The molecule has 0 fully saturated rings. The number of nitrogens with one attached hydrogen (secondary N) is 1. The van der Waals surface area contributed by atoms with Crippen molar-refractivity contribution in [1.29, 1.82) is 0 Å². The van der Waals surface area contributed by atoms with Crippen LogP contribution in [-0.4, -0.2) is 25.3 Å². The summed E-state index contributed by atoms with van der Waals surface area (Å²) in [7, 11) is 0. The maximum atomic E-state index is 12.7. The number of aryl methyl sites for hydroxylation is 3. The Labute approximate surface area is 148 Å². The van der Waals surface area contributed by atoms with Crippen molar-refractivity contribution in [3.05, 3.63) is 75.4 Å². The van der Waals surface area contributed by atoms with Gasteiger partial charge in [0.05, 0.1) is 0 Å². The van der Waals surface area contributed by atoms with Crippen LogP contribution < -0.4 is 5.32 Å². The Hall–Kier alpha value is -2.16. The minimum atomic E-state index is -0.0878. The van der Waals surface area contributed by atoms with Crippen LogP contribution in [0.1, 0.15) is 38.5 Å². The van der Waals surface area contributed by atoms with Gasteiger partial charge in [0.15, 0.2) is 0 Å². The molecule has 3 rings (SSSR count). The number of nitrogens with zero attached hydrogens (tertiary/aromatic N) is 1. The average Bonchev–Trinajstić information content (AvgIpc) is 2.96. The van der Waals surface area contributed by atoms with Gasteiger partial charge in [-0.3, -0.25) is 0 Å². The molecule has 0 bridgehead atoms. The van der Waals surface area contributed by atoms with E-state index in [1.165, 1.54) is 5.56 Å². The SMILES string of the molecule is CCc1ccc(Nc2nc(C)c(C(=O)c3ccc(C)cc3)[se]2)cc1. The van der Waals surface area contributed by atoms with Crippen LogP contribution in [0.5, 0.6) is 0 Å². The summed E-state index contributed by atoms with van der Waals surface area (Å²) < 4.78 is 1.72. The Morgan fingerprint density at radius 3 is 2.33 bits per heavy atom. The summed E-state index contributed by atoms with van der Waals surface area (Å²) in [6.45, 7) is 6.08. The molecule has 0 saturated carbocycles. The average molecular weight is 383 g/mol. The molecule has 1 aromatic heterocycles. The number of hydrogen-bond acceptors (Lipinski definition) is 3. The molecule has 0 saturated heterocycles. The van der Waals surface area contributed by atoms with Crippen LogP contribution >= 0.6 is 0 Å². The third-order valence-corrected chi connectivity index (χ3v) is 6.18. The van der Waals surface area contributed by atoms with E-state index in [-0.39, 0.29) is 20.3 Å². The molecule has 0 aliphatic rings. The predicted molar refractivity (Wildman–Crippen MR) is 99.6 cm³/mol. The fourth-order valence-corrected chi connectivity index (χ4v) is 4.43. The molecule has 0 aliphatic heterocycles. The van der Waals surface area contributed by atoms with Crippen LogP contribution in [0.4, 0.5) is 10.4 Å². The fraction of sp³-hybridized carbons (Fsp3) is 0.200. The molecule has 2 aromatic carbocycles. The van der Waals surface area contributed by atoms with E-state index in [9.17, 15) is 4.79 Å². The fourth-order valence-electron chi connectivity index (χ4n) is 2.44. The van der Waals surface area contributed by atoms with Crippen molar-refractivity contribution < 1.29 is 4.79 Å². The molecular formula is C20H20N2OSe. The van der Waals surface area contributed by atoms with Crippen LogP contribution in [-0.2, 0) is 6.42 Å².